The first kappa shape index (κ1) is 11.4. The molecule has 5 nitrogen and oxygen atoms in total. The molecule has 1 rings (SSSR count). The summed E-state index contributed by atoms with van der Waals surface area (Å²) >= 11 is 0. The zero-order valence-electron chi connectivity index (χ0n) is 9.11. The van der Waals surface area contributed by atoms with Crippen LogP contribution in [-0.2, 0) is 4.79 Å². The van der Waals surface area contributed by atoms with Crippen LogP contribution in [-0.4, -0.2) is 26.6 Å². The molecule has 0 amide bonds. The van der Waals surface area contributed by atoms with E-state index in [9.17, 15) is 4.79 Å². The molecule has 0 saturated carbocycles. The minimum Gasteiger partial charge on any atom is -0.481 e. The maximum atomic E-state index is 10.6. The molecule has 2 N–H and O–H groups in total. The Bertz CT molecular complexity index is 363. The van der Waals surface area contributed by atoms with Gasteiger partial charge in [0.2, 0.25) is 5.95 Å². The number of carbonyl (C=O) groups is 1. The van der Waals surface area contributed by atoms with Crippen LogP contribution < -0.4 is 5.32 Å². The molecule has 1 aromatic rings. The third-order valence-corrected chi connectivity index (χ3v) is 1.84. The minimum atomic E-state index is -0.847. The number of anilines is 1. The Balaban J connectivity index is 2.72. The van der Waals surface area contributed by atoms with E-state index in [1.165, 1.54) is 0 Å². The van der Waals surface area contributed by atoms with Gasteiger partial charge in [0.25, 0.3) is 0 Å². The summed E-state index contributed by atoms with van der Waals surface area (Å²) in [4.78, 5) is 18.8. The molecule has 0 atom stereocenters. The lowest BCUT2D eigenvalue weighted by atomic mass is 10.0. The molecule has 1 heterocycles. The minimum absolute atomic E-state index is 0.0182. The maximum Gasteiger partial charge on any atom is 0.305 e. The molecule has 0 aliphatic heterocycles. The summed E-state index contributed by atoms with van der Waals surface area (Å²) in [6.07, 6.45) is 1.66. The Kier molecular flexibility index (Phi) is 3.24. The van der Waals surface area contributed by atoms with Gasteiger partial charge in [-0.25, -0.2) is 9.97 Å². The van der Waals surface area contributed by atoms with Crippen molar-refractivity contribution < 1.29 is 9.90 Å². The van der Waals surface area contributed by atoms with Crippen LogP contribution in [0.3, 0.4) is 0 Å². The molecular formula is C10H15N3O2. The SMILES string of the molecule is Cc1ccnc(NC(C)(C)CC(=O)O)n1. The van der Waals surface area contributed by atoms with Gasteiger partial charge >= 0.3 is 5.97 Å². The topological polar surface area (TPSA) is 75.1 Å². The van der Waals surface area contributed by atoms with Gasteiger partial charge in [-0.05, 0) is 26.8 Å². The third kappa shape index (κ3) is 3.93. The van der Waals surface area contributed by atoms with Crippen LogP contribution in [0.5, 0.6) is 0 Å². The smallest absolute Gasteiger partial charge is 0.305 e. The Hall–Kier alpha value is -1.65. The number of aromatic nitrogens is 2. The molecule has 0 bridgehead atoms. The summed E-state index contributed by atoms with van der Waals surface area (Å²) in [6, 6.07) is 1.79. The summed E-state index contributed by atoms with van der Waals surface area (Å²) in [6.45, 7) is 5.46. The van der Waals surface area contributed by atoms with Crippen LogP contribution in [0.4, 0.5) is 5.95 Å². The Morgan fingerprint density at radius 1 is 1.60 bits per heavy atom. The summed E-state index contributed by atoms with van der Waals surface area (Å²) in [5.41, 5.74) is 0.290. The highest BCUT2D eigenvalue weighted by Crippen LogP contribution is 2.14. The Morgan fingerprint density at radius 2 is 2.27 bits per heavy atom. The van der Waals surface area contributed by atoms with E-state index in [0.29, 0.717) is 5.95 Å². The van der Waals surface area contributed by atoms with Crippen molar-refractivity contribution in [3.8, 4) is 0 Å². The molecule has 1 aromatic heterocycles. The van der Waals surface area contributed by atoms with Crippen molar-refractivity contribution in [2.75, 3.05) is 5.32 Å². The fourth-order valence-corrected chi connectivity index (χ4v) is 1.23. The molecule has 0 saturated heterocycles. The number of nitrogens with one attached hydrogen (secondary N) is 1. The number of rotatable bonds is 4. The Labute approximate surface area is 88.6 Å². The highest BCUT2D eigenvalue weighted by Gasteiger charge is 2.22. The van der Waals surface area contributed by atoms with Gasteiger partial charge in [0, 0.05) is 17.4 Å². The first-order valence-electron chi connectivity index (χ1n) is 4.69. The number of carboxylic acids is 1. The molecular weight excluding hydrogens is 194 g/mol. The van der Waals surface area contributed by atoms with Gasteiger partial charge in [-0.15, -0.1) is 0 Å². The molecule has 0 aliphatic carbocycles. The predicted octanol–water partition coefficient (Wildman–Crippen LogP) is 1.45. The van der Waals surface area contributed by atoms with Crippen molar-refractivity contribution in [2.24, 2.45) is 0 Å². The summed E-state index contributed by atoms with van der Waals surface area (Å²) in [5.74, 6) is -0.388. The predicted molar refractivity (Wildman–Crippen MR) is 56.7 cm³/mol. The molecule has 0 aromatic carbocycles. The van der Waals surface area contributed by atoms with E-state index >= 15 is 0 Å². The highest BCUT2D eigenvalue weighted by molar-refractivity contribution is 5.68. The molecule has 0 fully saturated rings. The van der Waals surface area contributed by atoms with E-state index in [-0.39, 0.29) is 6.42 Å². The van der Waals surface area contributed by atoms with Crippen molar-refractivity contribution in [3.05, 3.63) is 18.0 Å². The average Bonchev–Trinajstić information content (AvgIpc) is 1.99. The molecule has 82 valence electrons. The van der Waals surface area contributed by atoms with E-state index in [0.717, 1.165) is 5.69 Å². The van der Waals surface area contributed by atoms with E-state index < -0.39 is 11.5 Å². The van der Waals surface area contributed by atoms with Crippen LogP contribution in [0, 0.1) is 6.92 Å². The molecule has 15 heavy (non-hydrogen) atoms. The van der Waals surface area contributed by atoms with Crippen molar-refractivity contribution in [3.63, 3.8) is 0 Å². The normalized spacial score (nSPS) is 11.1. The second-order valence-electron chi connectivity index (χ2n) is 4.10. The largest absolute Gasteiger partial charge is 0.481 e. The van der Waals surface area contributed by atoms with Crippen LogP contribution >= 0.6 is 0 Å². The number of aryl methyl sites for hydroxylation is 1. The van der Waals surface area contributed by atoms with E-state index in [2.05, 4.69) is 15.3 Å². The summed E-state index contributed by atoms with van der Waals surface area (Å²) in [7, 11) is 0. The quantitative estimate of drug-likeness (QED) is 0.785. The van der Waals surface area contributed by atoms with Gasteiger partial charge in [-0.3, -0.25) is 4.79 Å². The highest BCUT2D eigenvalue weighted by atomic mass is 16.4. The fraction of sp³-hybridized carbons (Fsp3) is 0.500. The zero-order chi connectivity index (χ0) is 11.5. The van der Waals surface area contributed by atoms with Gasteiger partial charge in [-0.1, -0.05) is 0 Å². The monoisotopic (exact) mass is 209 g/mol. The van der Waals surface area contributed by atoms with Crippen molar-refractivity contribution in [1.82, 2.24) is 9.97 Å². The van der Waals surface area contributed by atoms with Crippen molar-refractivity contribution >= 4 is 11.9 Å². The second-order valence-corrected chi connectivity index (χ2v) is 4.10. The average molecular weight is 209 g/mol. The van der Waals surface area contributed by atoms with Gasteiger partial charge in [0.05, 0.1) is 6.42 Å². The number of hydrogen-bond donors (Lipinski definition) is 2. The molecule has 0 unspecified atom stereocenters. The van der Waals surface area contributed by atoms with Crippen LogP contribution in [0.15, 0.2) is 12.3 Å². The molecule has 0 radical (unpaired) electrons. The molecule has 0 aliphatic rings. The van der Waals surface area contributed by atoms with Gasteiger partial charge in [0.15, 0.2) is 0 Å². The number of carboxylic acid groups (broad SMARTS) is 1. The van der Waals surface area contributed by atoms with Gasteiger partial charge < -0.3 is 10.4 Å². The fourth-order valence-electron chi connectivity index (χ4n) is 1.23. The number of hydrogen-bond acceptors (Lipinski definition) is 4. The van der Waals surface area contributed by atoms with Crippen LogP contribution in [0.1, 0.15) is 26.0 Å². The van der Waals surface area contributed by atoms with Crippen LogP contribution in [0.25, 0.3) is 0 Å². The van der Waals surface area contributed by atoms with E-state index in [4.69, 9.17) is 5.11 Å². The first-order chi connectivity index (χ1) is 6.89. The standard InChI is InChI=1S/C10H15N3O2/c1-7-4-5-11-9(12-7)13-10(2,3)6-8(14)15/h4-5H,6H2,1-3H3,(H,14,15)(H,11,12,13). The van der Waals surface area contributed by atoms with Gasteiger partial charge in [-0.2, -0.15) is 0 Å². The van der Waals surface area contributed by atoms with Gasteiger partial charge in [0.1, 0.15) is 0 Å². The molecule has 0 spiro atoms. The van der Waals surface area contributed by atoms with Crippen molar-refractivity contribution in [1.29, 1.82) is 0 Å². The van der Waals surface area contributed by atoms with Crippen molar-refractivity contribution in [2.45, 2.75) is 32.7 Å². The lowest BCUT2D eigenvalue weighted by Gasteiger charge is -2.24. The maximum absolute atomic E-state index is 10.6. The first-order valence-corrected chi connectivity index (χ1v) is 4.69. The molecule has 5 heteroatoms. The van der Waals surface area contributed by atoms with E-state index in [1.54, 1.807) is 26.1 Å². The number of nitrogens with zero attached hydrogens (tertiary/aromatic N) is 2. The number of aliphatic carboxylic acids is 1. The third-order valence-electron chi connectivity index (χ3n) is 1.84. The lowest BCUT2D eigenvalue weighted by Crippen LogP contribution is -2.34. The zero-order valence-corrected chi connectivity index (χ0v) is 9.11. The Morgan fingerprint density at radius 3 is 2.80 bits per heavy atom. The lowest BCUT2D eigenvalue weighted by molar-refractivity contribution is -0.137. The summed E-state index contributed by atoms with van der Waals surface area (Å²) < 4.78 is 0. The summed E-state index contributed by atoms with van der Waals surface area (Å²) in [5, 5.41) is 11.7. The second kappa shape index (κ2) is 4.25. The van der Waals surface area contributed by atoms with E-state index in [1.807, 2.05) is 6.92 Å². The van der Waals surface area contributed by atoms with Crippen LogP contribution in [0.2, 0.25) is 0 Å².